The van der Waals surface area contributed by atoms with Crippen LogP contribution in [0.1, 0.15) is 95.2 Å². The molecule has 2 aromatic carbocycles. The second-order valence-corrected chi connectivity index (χ2v) is 13.1. The Labute approximate surface area is 255 Å². The van der Waals surface area contributed by atoms with E-state index in [0.717, 1.165) is 78.0 Å². The number of rotatable bonds is 13. The number of hydrogen-bond donors (Lipinski definition) is 1. The second-order valence-electron chi connectivity index (χ2n) is 12.7. The monoisotopic (exact) mass is 590 g/mol. The first-order valence-corrected chi connectivity index (χ1v) is 15.6. The third-order valence-electron chi connectivity index (χ3n) is 7.89. The topological polar surface area (TPSA) is 69.7 Å². The van der Waals surface area contributed by atoms with Crippen LogP contribution in [0.5, 0.6) is 5.75 Å². The molecule has 0 radical (unpaired) electrons. The summed E-state index contributed by atoms with van der Waals surface area (Å²) in [6.07, 6.45) is 10.8. The van der Waals surface area contributed by atoms with Gasteiger partial charge in [-0.3, -0.25) is 4.98 Å². The van der Waals surface area contributed by atoms with Crippen LogP contribution in [0.15, 0.2) is 60.9 Å². The standard InChI is InChI=1S/C35H43ClN2O4/c1-24(9-7-8-19-38-33(39)42-34(2,3)4)25-12-15-31(36)26(21-25)23-40-35(17-18-35)30-22-37-20-16-28(30)29-10-5-6-11-32(29)41-27-13-14-27/h5-6,10-12,15-16,20-22,24,27H,7-9,13-14,17-19,23H2,1-4H3,(H,38,39). The Kier molecular flexibility index (Phi) is 9.44. The summed E-state index contributed by atoms with van der Waals surface area (Å²) in [5.41, 5.74) is 4.71. The summed E-state index contributed by atoms with van der Waals surface area (Å²) in [6, 6.07) is 16.6. The molecule has 2 aliphatic rings. The molecule has 1 amide bonds. The molecule has 1 aromatic heterocycles. The van der Waals surface area contributed by atoms with Crippen molar-refractivity contribution in [1.82, 2.24) is 10.3 Å². The lowest BCUT2D eigenvalue weighted by atomic mass is 9.94. The van der Waals surface area contributed by atoms with Gasteiger partial charge in [-0.15, -0.1) is 0 Å². The highest BCUT2D eigenvalue weighted by Gasteiger charge is 2.47. The number of halogens is 1. The number of carbonyl (C=O) groups excluding carboxylic acids is 1. The van der Waals surface area contributed by atoms with Gasteiger partial charge < -0.3 is 19.5 Å². The molecular weight excluding hydrogens is 548 g/mol. The third-order valence-corrected chi connectivity index (χ3v) is 8.25. The quantitative estimate of drug-likeness (QED) is 0.201. The molecule has 5 rings (SSSR count). The molecule has 3 aromatic rings. The molecule has 1 unspecified atom stereocenters. The molecule has 1 atom stereocenters. The molecule has 2 saturated carbocycles. The summed E-state index contributed by atoms with van der Waals surface area (Å²) in [4.78, 5) is 16.3. The molecular formula is C35H43ClN2O4. The first kappa shape index (κ1) is 30.4. The van der Waals surface area contributed by atoms with Crippen LogP contribution >= 0.6 is 11.6 Å². The largest absolute Gasteiger partial charge is 0.490 e. The fourth-order valence-corrected chi connectivity index (χ4v) is 5.40. The van der Waals surface area contributed by atoms with Crippen molar-refractivity contribution >= 4 is 17.7 Å². The van der Waals surface area contributed by atoms with Crippen molar-refractivity contribution in [2.75, 3.05) is 6.54 Å². The summed E-state index contributed by atoms with van der Waals surface area (Å²) < 4.78 is 18.2. The van der Waals surface area contributed by atoms with Crippen molar-refractivity contribution in [3.05, 3.63) is 82.6 Å². The smallest absolute Gasteiger partial charge is 0.407 e. The average molecular weight is 591 g/mol. The molecule has 7 heteroatoms. The number of unbranched alkanes of at least 4 members (excludes halogenated alkanes) is 1. The Morgan fingerprint density at radius 1 is 1.10 bits per heavy atom. The first-order chi connectivity index (χ1) is 20.1. The molecule has 0 saturated heterocycles. The molecule has 224 valence electrons. The van der Waals surface area contributed by atoms with E-state index in [9.17, 15) is 4.79 Å². The van der Waals surface area contributed by atoms with Crippen LogP contribution in [0.4, 0.5) is 4.79 Å². The van der Waals surface area contributed by atoms with Crippen molar-refractivity contribution in [3.8, 4) is 16.9 Å². The third kappa shape index (κ3) is 8.05. The van der Waals surface area contributed by atoms with Gasteiger partial charge in [-0.25, -0.2) is 4.79 Å². The molecule has 1 heterocycles. The van der Waals surface area contributed by atoms with E-state index in [0.29, 0.717) is 25.2 Å². The van der Waals surface area contributed by atoms with Gasteiger partial charge in [0.15, 0.2) is 0 Å². The second kappa shape index (κ2) is 13.0. The van der Waals surface area contributed by atoms with Crippen molar-refractivity contribution in [1.29, 1.82) is 0 Å². The van der Waals surface area contributed by atoms with E-state index in [2.05, 4.69) is 53.6 Å². The summed E-state index contributed by atoms with van der Waals surface area (Å²) in [6.45, 7) is 8.88. The number of alkyl carbamates (subject to hydrolysis) is 1. The number of nitrogens with one attached hydrogen (secondary N) is 1. The highest BCUT2D eigenvalue weighted by atomic mass is 35.5. The van der Waals surface area contributed by atoms with Gasteiger partial charge in [-0.1, -0.05) is 55.3 Å². The summed E-state index contributed by atoms with van der Waals surface area (Å²) in [7, 11) is 0. The van der Waals surface area contributed by atoms with Gasteiger partial charge in [-0.2, -0.15) is 0 Å². The minimum Gasteiger partial charge on any atom is -0.490 e. The van der Waals surface area contributed by atoms with Crippen LogP contribution in [-0.2, 0) is 21.7 Å². The normalized spacial score (nSPS) is 16.5. The van der Waals surface area contributed by atoms with E-state index < -0.39 is 5.60 Å². The first-order valence-electron chi connectivity index (χ1n) is 15.2. The zero-order chi connectivity index (χ0) is 29.7. The Morgan fingerprint density at radius 2 is 1.88 bits per heavy atom. The maximum atomic E-state index is 11.9. The Morgan fingerprint density at radius 3 is 2.62 bits per heavy atom. The van der Waals surface area contributed by atoms with Crippen LogP contribution < -0.4 is 10.1 Å². The van der Waals surface area contributed by atoms with E-state index in [4.69, 9.17) is 25.8 Å². The zero-order valence-electron chi connectivity index (χ0n) is 25.3. The van der Waals surface area contributed by atoms with Crippen molar-refractivity contribution < 1.29 is 19.0 Å². The van der Waals surface area contributed by atoms with Crippen LogP contribution in [-0.4, -0.2) is 29.3 Å². The van der Waals surface area contributed by atoms with Crippen LogP contribution in [0.2, 0.25) is 5.02 Å². The molecule has 0 spiro atoms. The number of ether oxygens (including phenoxy) is 3. The van der Waals surface area contributed by atoms with Crippen molar-refractivity contribution in [2.45, 2.75) is 102 Å². The van der Waals surface area contributed by atoms with Crippen molar-refractivity contribution in [2.24, 2.45) is 0 Å². The summed E-state index contributed by atoms with van der Waals surface area (Å²) >= 11 is 6.66. The zero-order valence-corrected chi connectivity index (χ0v) is 26.0. The highest BCUT2D eigenvalue weighted by molar-refractivity contribution is 6.31. The lowest BCUT2D eigenvalue weighted by molar-refractivity contribution is 0.0173. The van der Waals surface area contributed by atoms with E-state index >= 15 is 0 Å². The van der Waals surface area contributed by atoms with Gasteiger partial charge in [0.1, 0.15) is 11.4 Å². The van der Waals surface area contributed by atoms with Gasteiger partial charge in [0.25, 0.3) is 0 Å². The number of pyridine rings is 1. The number of hydrogen-bond acceptors (Lipinski definition) is 5. The number of nitrogens with zero attached hydrogens (tertiary/aromatic N) is 1. The van der Waals surface area contributed by atoms with Gasteiger partial charge in [0, 0.05) is 35.1 Å². The molecule has 2 fully saturated rings. The molecule has 2 aliphatic carbocycles. The summed E-state index contributed by atoms with van der Waals surface area (Å²) in [5.74, 6) is 1.29. The van der Waals surface area contributed by atoms with Gasteiger partial charge >= 0.3 is 6.09 Å². The molecule has 0 aliphatic heterocycles. The lowest BCUT2D eigenvalue weighted by Crippen LogP contribution is -2.33. The minimum absolute atomic E-state index is 0.327. The predicted octanol–water partition coefficient (Wildman–Crippen LogP) is 8.95. The Hall–Kier alpha value is -3.09. The van der Waals surface area contributed by atoms with Gasteiger partial charge in [0.2, 0.25) is 0 Å². The number of amides is 1. The van der Waals surface area contributed by atoms with Crippen LogP contribution in [0.3, 0.4) is 0 Å². The number of aromatic nitrogens is 1. The Bertz CT molecular complexity index is 1380. The maximum Gasteiger partial charge on any atom is 0.407 e. The SMILES string of the molecule is CC(CCCCNC(=O)OC(C)(C)C)c1ccc(Cl)c(COC2(c3cnccc3-c3ccccc3OC3CC3)CC2)c1. The minimum atomic E-state index is -0.482. The van der Waals surface area contributed by atoms with Gasteiger partial charge in [0.05, 0.1) is 18.3 Å². The molecule has 0 bridgehead atoms. The van der Waals surface area contributed by atoms with E-state index in [1.165, 1.54) is 5.56 Å². The van der Waals surface area contributed by atoms with Gasteiger partial charge in [-0.05, 0) is 100 Å². The maximum absolute atomic E-state index is 11.9. The fraction of sp³-hybridized carbons (Fsp3) is 0.486. The van der Waals surface area contributed by atoms with Crippen LogP contribution in [0, 0.1) is 0 Å². The predicted molar refractivity (Wildman–Crippen MR) is 167 cm³/mol. The lowest BCUT2D eigenvalue weighted by Gasteiger charge is -2.22. The Balaban J connectivity index is 1.20. The number of benzene rings is 2. The van der Waals surface area contributed by atoms with E-state index in [1.54, 1.807) is 0 Å². The van der Waals surface area contributed by atoms with E-state index in [1.807, 2.05) is 45.3 Å². The highest BCUT2D eigenvalue weighted by Crippen LogP contribution is 2.53. The molecule has 6 nitrogen and oxygen atoms in total. The van der Waals surface area contributed by atoms with Crippen LogP contribution in [0.25, 0.3) is 11.1 Å². The molecule has 42 heavy (non-hydrogen) atoms. The number of para-hydroxylation sites is 1. The van der Waals surface area contributed by atoms with E-state index in [-0.39, 0.29) is 11.7 Å². The van der Waals surface area contributed by atoms with Crippen molar-refractivity contribution in [3.63, 3.8) is 0 Å². The summed E-state index contributed by atoms with van der Waals surface area (Å²) in [5, 5.41) is 3.56. The average Bonchev–Trinajstić information content (AvgIpc) is 3.89. The fourth-order valence-electron chi connectivity index (χ4n) is 5.23. The number of carbonyl (C=O) groups is 1. The molecule has 1 N–H and O–H groups in total.